The summed E-state index contributed by atoms with van der Waals surface area (Å²) in [6.07, 6.45) is 0.552. The minimum atomic E-state index is -0.642. The summed E-state index contributed by atoms with van der Waals surface area (Å²) in [6, 6.07) is 6.76. The van der Waals surface area contributed by atoms with E-state index in [0.29, 0.717) is 30.0 Å². The Labute approximate surface area is 173 Å². The standard InChI is InChI=1S/C22H22N4O4/c1-11-8-17(24-20(12(11)2)23-13(3)27)14-4-5-16-15(9-14)10-26(22(16)30)18-6-7-19(28)25-21(18)29/h4-5,8-9,18H,6-7,10H2,1-3H3,(H,23,24,27)(H,25,28,29). The van der Waals surface area contributed by atoms with E-state index in [1.165, 1.54) is 11.8 Å². The summed E-state index contributed by atoms with van der Waals surface area (Å²) in [6.45, 7) is 5.59. The molecule has 0 spiro atoms. The van der Waals surface area contributed by atoms with Gasteiger partial charge >= 0.3 is 0 Å². The van der Waals surface area contributed by atoms with Gasteiger partial charge in [0.15, 0.2) is 0 Å². The fraction of sp³-hybridized carbons (Fsp3) is 0.318. The van der Waals surface area contributed by atoms with E-state index in [2.05, 4.69) is 15.6 Å². The summed E-state index contributed by atoms with van der Waals surface area (Å²) in [5.41, 5.74) is 4.76. The van der Waals surface area contributed by atoms with Crippen molar-refractivity contribution in [2.45, 2.75) is 46.2 Å². The van der Waals surface area contributed by atoms with Crippen LogP contribution in [0.2, 0.25) is 0 Å². The molecule has 8 nitrogen and oxygen atoms in total. The van der Waals surface area contributed by atoms with Crippen LogP contribution in [-0.4, -0.2) is 39.6 Å². The monoisotopic (exact) mass is 406 g/mol. The van der Waals surface area contributed by atoms with Crippen LogP contribution in [-0.2, 0) is 20.9 Å². The van der Waals surface area contributed by atoms with Crippen LogP contribution in [0.4, 0.5) is 5.82 Å². The van der Waals surface area contributed by atoms with Gasteiger partial charge in [-0.2, -0.15) is 0 Å². The summed E-state index contributed by atoms with van der Waals surface area (Å²) in [7, 11) is 0. The summed E-state index contributed by atoms with van der Waals surface area (Å²) in [5, 5.41) is 5.07. The highest BCUT2D eigenvalue weighted by Crippen LogP contribution is 2.32. The number of pyridine rings is 1. The van der Waals surface area contributed by atoms with Crippen LogP contribution in [0.3, 0.4) is 0 Å². The molecular weight excluding hydrogens is 384 g/mol. The van der Waals surface area contributed by atoms with Gasteiger partial charge < -0.3 is 10.2 Å². The molecule has 2 aliphatic heterocycles. The maximum atomic E-state index is 12.8. The van der Waals surface area contributed by atoms with E-state index in [1.807, 2.05) is 32.0 Å². The lowest BCUT2D eigenvalue weighted by Gasteiger charge is -2.29. The van der Waals surface area contributed by atoms with Gasteiger partial charge in [-0.05, 0) is 55.2 Å². The zero-order valence-corrected chi connectivity index (χ0v) is 17.0. The first-order chi connectivity index (χ1) is 14.2. The maximum absolute atomic E-state index is 12.8. The van der Waals surface area contributed by atoms with Crippen LogP contribution in [0.1, 0.15) is 46.8 Å². The van der Waals surface area contributed by atoms with E-state index in [-0.39, 0.29) is 24.1 Å². The molecule has 2 aliphatic rings. The van der Waals surface area contributed by atoms with Gasteiger partial charge in [-0.1, -0.05) is 6.07 Å². The molecule has 1 aromatic carbocycles. The van der Waals surface area contributed by atoms with E-state index >= 15 is 0 Å². The lowest BCUT2D eigenvalue weighted by molar-refractivity contribution is -0.137. The molecule has 1 saturated heterocycles. The quantitative estimate of drug-likeness (QED) is 0.759. The first-order valence-electron chi connectivity index (χ1n) is 9.78. The Kier molecular flexibility index (Phi) is 4.85. The molecule has 1 unspecified atom stereocenters. The van der Waals surface area contributed by atoms with Crippen molar-refractivity contribution < 1.29 is 19.2 Å². The lowest BCUT2D eigenvalue weighted by atomic mass is 10.0. The Morgan fingerprint density at radius 1 is 1.20 bits per heavy atom. The number of rotatable bonds is 3. The number of nitrogens with one attached hydrogen (secondary N) is 2. The van der Waals surface area contributed by atoms with Crippen molar-refractivity contribution in [1.29, 1.82) is 0 Å². The highest BCUT2D eigenvalue weighted by molar-refractivity contribution is 6.05. The molecule has 4 amide bonds. The molecule has 4 rings (SSSR count). The second-order valence-electron chi connectivity index (χ2n) is 7.75. The topological polar surface area (TPSA) is 108 Å². The largest absolute Gasteiger partial charge is 0.322 e. The molecule has 2 aromatic rings. The lowest BCUT2D eigenvalue weighted by Crippen LogP contribution is -2.52. The smallest absolute Gasteiger partial charge is 0.255 e. The van der Waals surface area contributed by atoms with Gasteiger partial charge in [0.05, 0.1) is 5.69 Å². The Hall–Kier alpha value is -3.55. The van der Waals surface area contributed by atoms with E-state index < -0.39 is 11.9 Å². The third-order valence-electron chi connectivity index (χ3n) is 5.65. The predicted molar refractivity (Wildman–Crippen MR) is 109 cm³/mol. The zero-order valence-electron chi connectivity index (χ0n) is 17.0. The van der Waals surface area contributed by atoms with E-state index in [4.69, 9.17) is 0 Å². The number of nitrogens with zero attached hydrogens (tertiary/aromatic N) is 2. The molecule has 1 fully saturated rings. The van der Waals surface area contributed by atoms with Crippen LogP contribution in [0.5, 0.6) is 0 Å². The fourth-order valence-electron chi connectivity index (χ4n) is 3.91. The predicted octanol–water partition coefficient (Wildman–Crippen LogP) is 2.08. The summed E-state index contributed by atoms with van der Waals surface area (Å²) >= 11 is 0. The SMILES string of the molecule is CC(=O)Nc1nc(-c2ccc3c(c2)CN(C2CCC(=O)NC2=O)C3=O)cc(C)c1C. The third kappa shape index (κ3) is 3.45. The highest BCUT2D eigenvalue weighted by atomic mass is 16.2. The van der Waals surface area contributed by atoms with Crippen molar-refractivity contribution in [3.8, 4) is 11.3 Å². The Morgan fingerprint density at radius 2 is 1.97 bits per heavy atom. The van der Waals surface area contributed by atoms with Gasteiger partial charge in [-0.25, -0.2) is 4.98 Å². The van der Waals surface area contributed by atoms with E-state index in [1.54, 1.807) is 6.07 Å². The molecule has 0 aliphatic carbocycles. The molecule has 3 heterocycles. The fourth-order valence-corrected chi connectivity index (χ4v) is 3.91. The van der Waals surface area contributed by atoms with Crippen LogP contribution < -0.4 is 10.6 Å². The normalized spacial score (nSPS) is 18.3. The molecule has 2 N–H and O–H groups in total. The third-order valence-corrected chi connectivity index (χ3v) is 5.65. The first-order valence-corrected chi connectivity index (χ1v) is 9.78. The van der Waals surface area contributed by atoms with Gasteiger partial charge in [0.2, 0.25) is 17.7 Å². The molecule has 1 aromatic heterocycles. The van der Waals surface area contributed by atoms with Crippen molar-refractivity contribution in [2.24, 2.45) is 0 Å². The van der Waals surface area contributed by atoms with Crippen molar-refractivity contribution in [2.75, 3.05) is 5.32 Å². The number of hydrogen-bond acceptors (Lipinski definition) is 5. The average Bonchev–Trinajstić information content (AvgIpc) is 3.00. The van der Waals surface area contributed by atoms with Crippen molar-refractivity contribution >= 4 is 29.4 Å². The van der Waals surface area contributed by atoms with Crippen molar-refractivity contribution in [3.63, 3.8) is 0 Å². The summed E-state index contributed by atoms with van der Waals surface area (Å²) in [4.78, 5) is 54.1. The van der Waals surface area contributed by atoms with E-state index in [0.717, 1.165) is 22.3 Å². The number of carbonyl (C=O) groups is 4. The second kappa shape index (κ2) is 7.37. The van der Waals surface area contributed by atoms with Crippen molar-refractivity contribution in [3.05, 3.63) is 46.5 Å². The molecule has 8 heteroatoms. The van der Waals surface area contributed by atoms with Gasteiger partial charge in [-0.15, -0.1) is 0 Å². The Bertz CT molecular complexity index is 1110. The number of anilines is 1. The average molecular weight is 406 g/mol. The van der Waals surface area contributed by atoms with Crippen LogP contribution in [0, 0.1) is 13.8 Å². The van der Waals surface area contributed by atoms with Crippen molar-refractivity contribution in [1.82, 2.24) is 15.2 Å². The zero-order chi connectivity index (χ0) is 21.6. The molecule has 154 valence electrons. The number of piperidine rings is 1. The first kappa shape index (κ1) is 19.8. The van der Waals surface area contributed by atoms with Gasteiger partial charge in [0.25, 0.3) is 5.91 Å². The number of imide groups is 1. The number of benzene rings is 1. The number of aryl methyl sites for hydroxylation is 1. The molecule has 0 radical (unpaired) electrons. The number of hydrogen-bond donors (Lipinski definition) is 2. The minimum absolute atomic E-state index is 0.193. The summed E-state index contributed by atoms with van der Waals surface area (Å²) < 4.78 is 0. The van der Waals surface area contributed by atoms with Crippen LogP contribution >= 0.6 is 0 Å². The number of aromatic nitrogens is 1. The summed E-state index contributed by atoms with van der Waals surface area (Å²) in [5.74, 6) is -0.624. The molecule has 0 bridgehead atoms. The number of carbonyl (C=O) groups excluding carboxylic acids is 4. The molecule has 30 heavy (non-hydrogen) atoms. The molecule has 1 atom stereocenters. The molecule has 0 saturated carbocycles. The van der Waals surface area contributed by atoms with Crippen LogP contribution in [0.15, 0.2) is 24.3 Å². The highest BCUT2D eigenvalue weighted by Gasteiger charge is 2.39. The number of amides is 4. The van der Waals surface area contributed by atoms with Gasteiger partial charge in [0.1, 0.15) is 11.9 Å². The number of fused-ring (bicyclic) bond motifs is 1. The van der Waals surface area contributed by atoms with Crippen LogP contribution in [0.25, 0.3) is 11.3 Å². The minimum Gasteiger partial charge on any atom is -0.322 e. The Morgan fingerprint density at radius 3 is 2.67 bits per heavy atom. The molecular formula is C22H22N4O4. The van der Waals surface area contributed by atoms with Gasteiger partial charge in [0, 0.05) is 31.0 Å². The maximum Gasteiger partial charge on any atom is 0.255 e. The second-order valence-corrected chi connectivity index (χ2v) is 7.75. The van der Waals surface area contributed by atoms with E-state index in [9.17, 15) is 19.2 Å². The van der Waals surface area contributed by atoms with Gasteiger partial charge in [-0.3, -0.25) is 24.5 Å². The Balaban J connectivity index is 1.65.